The van der Waals surface area contributed by atoms with Crippen molar-refractivity contribution in [1.29, 1.82) is 0 Å². The minimum atomic E-state index is -0.200. The molecule has 0 bridgehead atoms. The van der Waals surface area contributed by atoms with E-state index in [4.69, 9.17) is 4.42 Å². The molecule has 0 spiro atoms. The first kappa shape index (κ1) is 17.0. The van der Waals surface area contributed by atoms with Crippen molar-refractivity contribution in [2.24, 2.45) is 5.10 Å². The van der Waals surface area contributed by atoms with E-state index in [1.54, 1.807) is 18.2 Å². The van der Waals surface area contributed by atoms with Gasteiger partial charge in [-0.2, -0.15) is 10.1 Å². The molecular weight excluding hydrogens is 340 g/mol. The van der Waals surface area contributed by atoms with E-state index in [-0.39, 0.29) is 12.5 Å². The zero-order valence-electron chi connectivity index (χ0n) is 14.6. The molecule has 1 amide bonds. The Balaban J connectivity index is 1.72. The predicted molar refractivity (Wildman–Crippen MR) is 104 cm³/mol. The van der Waals surface area contributed by atoms with Gasteiger partial charge in [-0.05, 0) is 35.9 Å². The van der Waals surface area contributed by atoms with Crippen molar-refractivity contribution >= 4 is 23.4 Å². The van der Waals surface area contributed by atoms with Crippen LogP contribution in [0.2, 0.25) is 0 Å². The van der Waals surface area contributed by atoms with Crippen molar-refractivity contribution in [3.63, 3.8) is 0 Å². The van der Waals surface area contributed by atoms with Crippen LogP contribution in [-0.2, 0) is 17.8 Å². The molecule has 2 aromatic carbocycles. The number of furan rings is 1. The molecule has 5 nitrogen and oxygen atoms in total. The quantitative estimate of drug-likeness (QED) is 0.706. The van der Waals surface area contributed by atoms with Gasteiger partial charge in [0, 0.05) is 6.42 Å². The van der Waals surface area contributed by atoms with Crippen molar-refractivity contribution < 1.29 is 14.3 Å². The molecule has 0 atom stereocenters. The zero-order valence-corrected chi connectivity index (χ0v) is 14.6. The minimum Gasteiger partial charge on any atom is -0.459 e. The van der Waals surface area contributed by atoms with Crippen molar-refractivity contribution in [3.05, 3.63) is 95.5 Å². The van der Waals surface area contributed by atoms with E-state index in [1.807, 2.05) is 60.7 Å². The monoisotopic (exact) mass is 358 g/mol. The van der Waals surface area contributed by atoms with Gasteiger partial charge in [-0.1, -0.05) is 48.5 Å². The van der Waals surface area contributed by atoms with Crippen LogP contribution >= 0.6 is 0 Å². The summed E-state index contributed by atoms with van der Waals surface area (Å²) >= 11 is 0. The number of carbonyl (C=O) groups excluding carboxylic acids is 1. The summed E-state index contributed by atoms with van der Waals surface area (Å²) in [6.45, 7) is -0.182. The number of aliphatic hydroxyl groups is 1. The van der Waals surface area contributed by atoms with E-state index in [0.717, 1.165) is 5.56 Å². The Labute approximate surface area is 156 Å². The number of aliphatic hydroxyl groups excluding tert-OH is 1. The molecule has 0 unspecified atom stereocenters. The fourth-order valence-corrected chi connectivity index (χ4v) is 2.97. The summed E-state index contributed by atoms with van der Waals surface area (Å²) in [6.07, 6.45) is 2.22. The summed E-state index contributed by atoms with van der Waals surface area (Å²) in [5.74, 6) is 0.765. The second-order valence-corrected chi connectivity index (χ2v) is 6.18. The van der Waals surface area contributed by atoms with Gasteiger partial charge in [-0.15, -0.1) is 0 Å². The predicted octanol–water partition coefficient (Wildman–Crippen LogP) is 3.80. The fourth-order valence-electron chi connectivity index (χ4n) is 2.97. The van der Waals surface area contributed by atoms with Crippen LogP contribution < -0.4 is 5.01 Å². The SMILES string of the molecule is O=C1/C(=C\c2ccc(CO)o2)C(Cc2ccccc2)=NN1c1ccccc1. The van der Waals surface area contributed by atoms with Crippen LogP contribution in [0.25, 0.3) is 6.08 Å². The molecule has 5 heteroatoms. The third-order valence-corrected chi connectivity index (χ3v) is 4.29. The average molecular weight is 358 g/mol. The van der Waals surface area contributed by atoms with E-state index in [9.17, 15) is 9.90 Å². The molecule has 0 radical (unpaired) electrons. The molecule has 1 aromatic heterocycles. The third kappa shape index (κ3) is 3.59. The highest BCUT2D eigenvalue weighted by Gasteiger charge is 2.31. The minimum absolute atomic E-state index is 0.182. The van der Waals surface area contributed by atoms with E-state index in [1.165, 1.54) is 5.01 Å². The Hall–Kier alpha value is -3.44. The summed E-state index contributed by atoms with van der Waals surface area (Å²) in [7, 11) is 0. The highest BCUT2D eigenvalue weighted by molar-refractivity contribution is 6.33. The summed E-state index contributed by atoms with van der Waals surface area (Å²) in [6, 6.07) is 22.7. The normalized spacial score (nSPS) is 15.4. The Bertz CT molecular complexity index is 1000. The van der Waals surface area contributed by atoms with Gasteiger partial charge in [-0.25, -0.2) is 0 Å². The van der Waals surface area contributed by atoms with Gasteiger partial charge in [0.25, 0.3) is 5.91 Å². The Morgan fingerprint density at radius 3 is 2.33 bits per heavy atom. The molecule has 0 saturated carbocycles. The Morgan fingerprint density at radius 2 is 1.67 bits per heavy atom. The van der Waals surface area contributed by atoms with E-state index in [2.05, 4.69) is 5.10 Å². The second kappa shape index (κ2) is 7.43. The number of hydrazone groups is 1. The molecule has 0 saturated heterocycles. The first-order valence-corrected chi connectivity index (χ1v) is 8.67. The number of hydrogen-bond donors (Lipinski definition) is 1. The van der Waals surface area contributed by atoms with Gasteiger partial charge in [-0.3, -0.25) is 4.79 Å². The van der Waals surface area contributed by atoms with Gasteiger partial charge in [0.05, 0.1) is 17.0 Å². The number of amides is 1. The third-order valence-electron chi connectivity index (χ3n) is 4.29. The van der Waals surface area contributed by atoms with Crippen LogP contribution in [0.4, 0.5) is 5.69 Å². The molecule has 3 aromatic rings. The summed E-state index contributed by atoms with van der Waals surface area (Å²) in [4.78, 5) is 13.0. The molecular formula is C22H18N2O3. The second-order valence-electron chi connectivity index (χ2n) is 6.18. The first-order chi connectivity index (χ1) is 13.2. The van der Waals surface area contributed by atoms with Crippen LogP contribution in [-0.4, -0.2) is 16.7 Å². The number of benzene rings is 2. The fraction of sp³-hybridized carbons (Fsp3) is 0.0909. The van der Waals surface area contributed by atoms with Crippen molar-refractivity contribution in [1.82, 2.24) is 0 Å². The van der Waals surface area contributed by atoms with E-state index >= 15 is 0 Å². The maximum atomic E-state index is 13.0. The molecule has 1 aliphatic rings. The highest BCUT2D eigenvalue weighted by Crippen LogP contribution is 2.26. The summed E-state index contributed by atoms with van der Waals surface area (Å²) < 4.78 is 5.53. The molecule has 0 aliphatic carbocycles. The lowest BCUT2D eigenvalue weighted by molar-refractivity contribution is -0.114. The van der Waals surface area contributed by atoms with Crippen LogP contribution in [0.15, 0.2) is 87.9 Å². The van der Waals surface area contributed by atoms with E-state index < -0.39 is 0 Å². The van der Waals surface area contributed by atoms with Crippen LogP contribution in [0.3, 0.4) is 0 Å². The lowest BCUT2D eigenvalue weighted by Crippen LogP contribution is -2.21. The molecule has 2 heterocycles. The molecule has 134 valence electrons. The number of anilines is 1. The molecule has 27 heavy (non-hydrogen) atoms. The largest absolute Gasteiger partial charge is 0.459 e. The number of nitrogens with zero attached hydrogens (tertiary/aromatic N) is 2. The Morgan fingerprint density at radius 1 is 0.963 bits per heavy atom. The lowest BCUT2D eigenvalue weighted by atomic mass is 10.0. The van der Waals surface area contributed by atoms with Gasteiger partial charge >= 0.3 is 0 Å². The number of carbonyl (C=O) groups is 1. The zero-order chi connectivity index (χ0) is 18.6. The first-order valence-electron chi connectivity index (χ1n) is 8.67. The molecule has 1 aliphatic heterocycles. The number of para-hydroxylation sites is 1. The van der Waals surface area contributed by atoms with Gasteiger partial charge in [0.15, 0.2) is 0 Å². The number of rotatable bonds is 5. The topological polar surface area (TPSA) is 66.0 Å². The Kier molecular flexibility index (Phi) is 4.68. The lowest BCUT2D eigenvalue weighted by Gasteiger charge is -2.10. The summed E-state index contributed by atoms with van der Waals surface area (Å²) in [5.41, 5.74) is 2.95. The average Bonchev–Trinajstić information content (AvgIpc) is 3.29. The molecule has 1 N–H and O–H groups in total. The number of hydrogen-bond acceptors (Lipinski definition) is 4. The van der Waals surface area contributed by atoms with Gasteiger partial charge < -0.3 is 9.52 Å². The smallest absolute Gasteiger partial charge is 0.280 e. The van der Waals surface area contributed by atoms with Crippen molar-refractivity contribution in [2.45, 2.75) is 13.0 Å². The van der Waals surface area contributed by atoms with Crippen LogP contribution in [0, 0.1) is 0 Å². The van der Waals surface area contributed by atoms with Crippen LogP contribution in [0.5, 0.6) is 0 Å². The van der Waals surface area contributed by atoms with Crippen molar-refractivity contribution in [2.75, 3.05) is 5.01 Å². The standard InChI is InChI=1S/C22H18N2O3/c25-15-19-12-11-18(27-19)14-20-21(13-16-7-3-1-4-8-16)23-24(22(20)26)17-9-5-2-6-10-17/h1-12,14,25H,13,15H2/b20-14-. The maximum Gasteiger partial charge on any atom is 0.280 e. The van der Waals surface area contributed by atoms with Gasteiger partial charge in [0.2, 0.25) is 0 Å². The highest BCUT2D eigenvalue weighted by atomic mass is 16.4. The van der Waals surface area contributed by atoms with Gasteiger partial charge in [0.1, 0.15) is 18.1 Å². The van der Waals surface area contributed by atoms with Crippen molar-refractivity contribution in [3.8, 4) is 0 Å². The van der Waals surface area contributed by atoms with E-state index in [0.29, 0.717) is 34.9 Å². The maximum absolute atomic E-state index is 13.0. The molecule has 0 fully saturated rings. The summed E-state index contributed by atoms with van der Waals surface area (Å²) in [5, 5.41) is 15.2. The van der Waals surface area contributed by atoms with Crippen LogP contribution in [0.1, 0.15) is 17.1 Å². The molecule has 4 rings (SSSR count).